The Labute approximate surface area is 109 Å². The van der Waals surface area contributed by atoms with E-state index in [0.29, 0.717) is 4.47 Å². The number of halogens is 2. The monoisotopic (exact) mass is 326 g/mol. The van der Waals surface area contributed by atoms with Gasteiger partial charge in [-0.2, -0.15) is 0 Å². The molecular formula is C10H12BrClO3S. The molecular weight excluding hydrogens is 316 g/mol. The first-order valence-corrected chi connectivity index (χ1v) is 7.58. The number of carbonyl (C=O) groups excluding carboxylic acids is 1. The van der Waals surface area contributed by atoms with Crippen molar-refractivity contribution in [1.29, 1.82) is 0 Å². The van der Waals surface area contributed by atoms with Gasteiger partial charge in [-0.1, -0.05) is 13.8 Å². The molecule has 16 heavy (non-hydrogen) atoms. The van der Waals surface area contributed by atoms with Gasteiger partial charge in [0.1, 0.15) is 0 Å². The number of benzene rings is 1. The van der Waals surface area contributed by atoms with E-state index in [9.17, 15) is 13.2 Å². The molecule has 0 aliphatic carbocycles. The topological polar surface area (TPSA) is 51.2 Å². The second kappa shape index (κ2) is 6.37. The zero-order valence-electron chi connectivity index (χ0n) is 9.12. The minimum atomic E-state index is -3.25. The summed E-state index contributed by atoms with van der Waals surface area (Å²) in [6.45, 7) is 4.00. The van der Waals surface area contributed by atoms with E-state index in [1.165, 1.54) is 18.2 Å². The molecule has 90 valence electrons. The van der Waals surface area contributed by atoms with Crippen molar-refractivity contribution in [3.8, 4) is 0 Å². The number of rotatable bonds is 2. The molecule has 0 aromatic heterocycles. The fourth-order valence-electron chi connectivity index (χ4n) is 0.886. The molecule has 6 heteroatoms. The number of hydrogen-bond donors (Lipinski definition) is 0. The van der Waals surface area contributed by atoms with Crippen molar-refractivity contribution in [3.05, 3.63) is 28.2 Å². The lowest BCUT2D eigenvalue weighted by atomic mass is 10.2. The van der Waals surface area contributed by atoms with Crippen LogP contribution < -0.4 is 0 Å². The lowest BCUT2D eigenvalue weighted by Crippen LogP contribution is -1.99. The van der Waals surface area contributed by atoms with Gasteiger partial charge < -0.3 is 0 Å². The van der Waals surface area contributed by atoms with Crippen molar-refractivity contribution in [3.63, 3.8) is 0 Å². The molecule has 0 heterocycles. The first-order chi connectivity index (χ1) is 7.32. The molecule has 0 amide bonds. The zero-order chi connectivity index (χ0) is 12.9. The van der Waals surface area contributed by atoms with Crippen molar-refractivity contribution in [2.45, 2.75) is 18.7 Å². The summed E-state index contributed by atoms with van der Waals surface area (Å²) in [7, 11) is -3.25. The molecule has 1 rings (SSSR count). The van der Waals surface area contributed by atoms with Gasteiger partial charge in [0.05, 0.1) is 4.90 Å². The van der Waals surface area contributed by atoms with Gasteiger partial charge in [-0.3, -0.25) is 4.79 Å². The minimum absolute atomic E-state index is 0.144. The van der Waals surface area contributed by atoms with Crippen LogP contribution in [0.15, 0.2) is 27.6 Å². The minimum Gasteiger partial charge on any atom is -0.276 e. The fraction of sp³-hybridized carbons (Fsp3) is 0.300. The van der Waals surface area contributed by atoms with E-state index in [1.54, 1.807) is 0 Å². The Hall–Kier alpha value is -0.390. The SMILES string of the molecule is CC.CS(=O)(=O)c1ccc(C(=O)Cl)c(Br)c1. The number of carbonyl (C=O) groups is 1. The van der Waals surface area contributed by atoms with Crippen LogP contribution in [-0.4, -0.2) is 19.9 Å². The van der Waals surface area contributed by atoms with Gasteiger partial charge in [-0.15, -0.1) is 0 Å². The smallest absolute Gasteiger partial charge is 0.253 e. The van der Waals surface area contributed by atoms with E-state index in [-0.39, 0.29) is 10.5 Å². The first kappa shape index (κ1) is 15.6. The Morgan fingerprint density at radius 1 is 1.31 bits per heavy atom. The van der Waals surface area contributed by atoms with E-state index in [2.05, 4.69) is 15.9 Å². The van der Waals surface area contributed by atoms with Crippen LogP contribution >= 0.6 is 27.5 Å². The van der Waals surface area contributed by atoms with Gasteiger partial charge in [0, 0.05) is 16.3 Å². The molecule has 0 aliphatic heterocycles. The highest BCUT2D eigenvalue weighted by molar-refractivity contribution is 9.10. The summed E-state index contributed by atoms with van der Waals surface area (Å²) >= 11 is 8.33. The normalized spacial score (nSPS) is 10.3. The van der Waals surface area contributed by atoms with Crippen LogP contribution in [0.4, 0.5) is 0 Å². The van der Waals surface area contributed by atoms with Crippen LogP contribution in [0, 0.1) is 0 Å². The van der Waals surface area contributed by atoms with Gasteiger partial charge in [-0.25, -0.2) is 8.42 Å². The molecule has 3 nitrogen and oxygen atoms in total. The highest BCUT2D eigenvalue weighted by atomic mass is 79.9. The molecule has 0 unspecified atom stereocenters. The summed E-state index contributed by atoms with van der Waals surface area (Å²) in [5.41, 5.74) is 0.249. The molecule has 0 spiro atoms. The summed E-state index contributed by atoms with van der Waals surface area (Å²) < 4.78 is 22.6. The molecule has 0 fully saturated rings. The molecule has 0 bridgehead atoms. The molecule has 0 atom stereocenters. The van der Waals surface area contributed by atoms with E-state index in [0.717, 1.165) is 6.26 Å². The summed E-state index contributed by atoms with van der Waals surface area (Å²) in [6.07, 6.45) is 1.09. The van der Waals surface area contributed by atoms with E-state index < -0.39 is 15.1 Å². The Morgan fingerprint density at radius 3 is 2.12 bits per heavy atom. The largest absolute Gasteiger partial charge is 0.276 e. The summed E-state index contributed by atoms with van der Waals surface area (Å²) in [6, 6.07) is 4.07. The second-order valence-corrected chi connectivity index (χ2v) is 5.90. The maximum Gasteiger partial charge on any atom is 0.253 e. The van der Waals surface area contributed by atoms with Crippen LogP contribution in [-0.2, 0) is 9.84 Å². The molecule has 0 N–H and O–H groups in total. The Bertz CT molecular complexity index is 483. The Kier molecular flexibility index (Phi) is 6.22. The molecule has 0 radical (unpaired) electrons. The van der Waals surface area contributed by atoms with Crippen molar-refractivity contribution >= 4 is 42.6 Å². The standard InChI is InChI=1S/C8H6BrClO3S.C2H6/c1-14(12,13)5-2-3-6(8(10)11)7(9)4-5;1-2/h2-4H,1H3;1-2H3. The quantitative estimate of drug-likeness (QED) is 0.783. The van der Waals surface area contributed by atoms with Crippen molar-refractivity contribution in [1.82, 2.24) is 0 Å². The van der Waals surface area contributed by atoms with Gasteiger partial charge in [0.25, 0.3) is 5.24 Å². The maximum absolute atomic E-state index is 11.1. The Balaban J connectivity index is 0.00000106. The number of sulfone groups is 1. The maximum atomic E-state index is 11.1. The first-order valence-electron chi connectivity index (χ1n) is 4.52. The lowest BCUT2D eigenvalue weighted by molar-refractivity contribution is 0.108. The van der Waals surface area contributed by atoms with Gasteiger partial charge in [-0.05, 0) is 45.7 Å². The highest BCUT2D eigenvalue weighted by Gasteiger charge is 2.12. The summed E-state index contributed by atoms with van der Waals surface area (Å²) in [4.78, 5) is 11.0. The third-order valence-corrected chi connectivity index (χ3v) is 3.55. The predicted molar refractivity (Wildman–Crippen MR) is 68.8 cm³/mol. The van der Waals surface area contributed by atoms with E-state index in [1.807, 2.05) is 13.8 Å². The van der Waals surface area contributed by atoms with Crippen LogP contribution in [0.25, 0.3) is 0 Å². The lowest BCUT2D eigenvalue weighted by Gasteiger charge is -2.01. The average molecular weight is 328 g/mol. The number of hydrogen-bond acceptors (Lipinski definition) is 3. The van der Waals surface area contributed by atoms with Crippen molar-refractivity contribution in [2.75, 3.05) is 6.26 Å². The zero-order valence-corrected chi connectivity index (χ0v) is 12.3. The van der Waals surface area contributed by atoms with Gasteiger partial charge in [0.2, 0.25) is 0 Å². The van der Waals surface area contributed by atoms with E-state index in [4.69, 9.17) is 11.6 Å². The van der Waals surface area contributed by atoms with Crippen LogP contribution in [0.5, 0.6) is 0 Å². The second-order valence-electron chi connectivity index (χ2n) is 2.69. The van der Waals surface area contributed by atoms with Crippen LogP contribution in [0.3, 0.4) is 0 Å². The third-order valence-electron chi connectivity index (χ3n) is 1.58. The van der Waals surface area contributed by atoms with Gasteiger partial charge in [0.15, 0.2) is 9.84 Å². The third kappa shape index (κ3) is 4.23. The highest BCUT2D eigenvalue weighted by Crippen LogP contribution is 2.22. The molecule has 1 aromatic rings. The fourth-order valence-corrected chi connectivity index (χ4v) is 2.52. The Morgan fingerprint density at radius 2 is 1.81 bits per heavy atom. The van der Waals surface area contributed by atoms with Crippen LogP contribution in [0.2, 0.25) is 0 Å². The molecule has 0 saturated carbocycles. The predicted octanol–water partition coefficient (Wildman–Crippen LogP) is 3.26. The molecule has 1 aromatic carbocycles. The van der Waals surface area contributed by atoms with Crippen LogP contribution in [0.1, 0.15) is 24.2 Å². The summed E-state index contributed by atoms with van der Waals surface area (Å²) in [5.74, 6) is 0. The van der Waals surface area contributed by atoms with Gasteiger partial charge >= 0.3 is 0 Å². The van der Waals surface area contributed by atoms with Crippen molar-refractivity contribution in [2.24, 2.45) is 0 Å². The average Bonchev–Trinajstić information content (AvgIpc) is 2.18. The van der Waals surface area contributed by atoms with Crippen molar-refractivity contribution < 1.29 is 13.2 Å². The molecule has 0 saturated heterocycles. The summed E-state index contributed by atoms with van der Waals surface area (Å²) in [5, 5.41) is -0.628. The van der Waals surface area contributed by atoms with E-state index >= 15 is 0 Å². The molecule has 0 aliphatic rings.